The van der Waals surface area contributed by atoms with Gasteiger partial charge in [0.25, 0.3) is 0 Å². The summed E-state index contributed by atoms with van der Waals surface area (Å²) in [5.41, 5.74) is 0. The third kappa shape index (κ3) is 6.85. The maximum absolute atomic E-state index is 11.3. The van der Waals surface area contributed by atoms with Crippen LogP contribution in [0.2, 0.25) is 5.04 Å². The van der Waals surface area contributed by atoms with Gasteiger partial charge in [-0.15, -0.1) is 0 Å². The van der Waals surface area contributed by atoms with E-state index in [9.17, 15) is 4.79 Å². The van der Waals surface area contributed by atoms with Gasteiger partial charge in [-0.2, -0.15) is 0 Å². The maximum Gasteiger partial charge on any atom is 0.236 e. The first kappa shape index (κ1) is 14.8. The topological polar surface area (TPSA) is 26.3 Å². The number of carbonyl (C=O) groups excluding carboxylic acids is 1. The lowest BCUT2D eigenvalue weighted by atomic mass is 9.99. The van der Waals surface area contributed by atoms with Crippen LogP contribution in [0.3, 0.4) is 0 Å². The number of ketones is 1. The molecule has 0 aromatic rings. The summed E-state index contributed by atoms with van der Waals surface area (Å²) in [6, 6.07) is 0. The number of unbranched alkanes of at least 4 members (excludes halogenated alkanes) is 1. The summed E-state index contributed by atoms with van der Waals surface area (Å²) in [5.74, 6) is 0.825. The fraction of sp³-hybridized carbons (Fsp3) is 0.917. The van der Waals surface area contributed by atoms with Gasteiger partial charge in [-0.3, -0.25) is 4.79 Å². The smallest absolute Gasteiger partial charge is 0.236 e. The lowest BCUT2D eigenvalue weighted by Gasteiger charge is -2.26. The quantitative estimate of drug-likeness (QED) is 0.596. The molecular weight excluding hydrogens is 204 g/mol. The Morgan fingerprint density at radius 1 is 1.40 bits per heavy atom. The highest BCUT2D eigenvalue weighted by Crippen LogP contribution is 2.32. The fourth-order valence-corrected chi connectivity index (χ4v) is 1.71. The highest BCUT2D eigenvalue weighted by atomic mass is 28.2. The second-order valence-electron chi connectivity index (χ2n) is 4.91. The number of carbonyl (C=O) groups is 1. The lowest BCUT2D eigenvalue weighted by Crippen LogP contribution is -2.24. The Kier molecular flexibility index (Phi) is 7.10. The molecule has 15 heavy (non-hydrogen) atoms. The molecule has 0 heterocycles. The summed E-state index contributed by atoms with van der Waals surface area (Å²) < 4.78 is 5.50. The standard InChI is InChI=1S/C12H24O2Si/c1-6-7-8-11(13)9-14-15-12(4,5)10(2)3/h10H,6-9H2,1-5H3. The Balaban J connectivity index is 3.65. The van der Waals surface area contributed by atoms with Gasteiger partial charge in [0.2, 0.25) is 9.76 Å². The average Bonchev–Trinajstić information content (AvgIpc) is 2.14. The lowest BCUT2D eigenvalue weighted by molar-refractivity contribution is -0.121. The molecule has 0 saturated carbocycles. The van der Waals surface area contributed by atoms with Crippen molar-refractivity contribution in [2.24, 2.45) is 5.92 Å². The molecule has 0 aliphatic carbocycles. The van der Waals surface area contributed by atoms with E-state index < -0.39 is 0 Å². The molecule has 0 N–H and O–H groups in total. The molecule has 2 nitrogen and oxygen atoms in total. The van der Waals surface area contributed by atoms with Crippen LogP contribution in [0.4, 0.5) is 0 Å². The Morgan fingerprint density at radius 2 is 2.00 bits per heavy atom. The minimum absolute atomic E-state index is 0.186. The molecule has 0 aliphatic heterocycles. The zero-order valence-electron chi connectivity index (χ0n) is 10.7. The van der Waals surface area contributed by atoms with Crippen molar-refractivity contribution in [2.45, 2.75) is 58.9 Å². The van der Waals surface area contributed by atoms with Gasteiger partial charge >= 0.3 is 0 Å². The molecule has 88 valence electrons. The Hall–Kier alpha value is -0.153. The van der Waals surface area contributed by atoms with Crippen molar-refractivity contribution in [3.63, 3.8) is 0 Å². The molecule has 0 aromatic heterocycles. The van der Waals surface area contributed by atoms with Gasteiger partial charge in [0.1, 0.15) is 0 Å². The molecular formula is C12H24O2Si. The van der Waals surface area contributed by atoms with Crippen molar-refractivity contribution < 1.29 is 9.22 Å². The predicted molar refractivity (Wildman–Crippen MR) is 65.1 cm³/mol. The largest absolute Gasteiger partial charge is 0.410 e. The van der Waals surface area contributed by atoms with Crippen LogP contribution < -0.4 is 0 Å². The SMILES string of the molecule is CCCCC(=O)CO[Si]C(C)(C)C(C)C. The van der Waals surface area contributed by atoms with E-state index in [1.165, 1.54) is 0 Å². The van der Waals surface area contributed by atoms with Gasteiger partial charge in [-0.25, -0.2) is 0 Å². The molecule has 3 heteroatoms. The van der Waals surface area contributed by atoms with E-state index in [1.54, 1.807) is 0 Å². The minimum atomic E-state index is 0.186. The van der Waals surface area contributed by atoms with Crippen molar-refractivity contribution >= 4 is 15.5 Å². The molecule has 0 rings (SSSR count). The summed E-state index contributed by atoms with van der Waals surface area (Å²) in [7, 11) is 0.416. The highest BCUT2D eigenvalue weighted by molar-refractivity contribution is 6.32. The number of hydrogen-bond donors (Lipinski definition) is 0. The van der Waals surface area contributed by atoms with E-state index in [-0.39, 0.29) is 10.8 Å². The molecule has 0 amide bonds. The molecule has 0 saturated heterocycles. The number of rotatable bonds is 8. The molecule has 0 atom stereocenters. The summed E-state index contributed by atoms with van der Waals surface area (Å²) in [6.07, 6.45) is 2.73. The first-order valence-corrected chi connectivity index (χ1v) is 6.71. The van der Waals surface area contributed by atoms with Crippen molar-refractivity contribution in [1.82, 2.24) is 0 Å². The Morgan fingerprint density at radius 3 is 2.47 bits per heavy atom. The first-order chi connectivity index (χ1) is 6.90. The van der Waals surface area contributed by atoms with Crippen molar-refractivity contribution in [2.75, 3.05) is 6.61 Å². The van der Waals surface area contributed by atoms with E-state index in [4.69, 9.17) is 4.43 Å². The van der Waals surface area contributed by atoms with Crippen LogP contribution in [-0.4, -0.2) is 22.2 Å². The van der Waals surface area contributed by atoms with Crippen molar-refractivity contribution in [3.8, 4) is 0 Å². The second-order valence-corrected chi connectivity index (χ2v) is 6.69. The van der Waals surface area contributed by atoms with Gasteiger partial charge in [0, 0.05) is 6.42 Å². The summed E-state index contributed by atoms with van der Waals surface area (Å²) in [4.78, 5) is 11.3. The van der Waals surface area contributed by atoms with E-state index in [1.807, 2.05) is 0 Å². The van der Waals surface area contributed by atoms with Crippen molar-refractivity contribution in [3.05, 3.63) is 0 Å². The van der Waals surface area contributed by atoms with Gasteiger partial charge < -0.3 is 4.43 Å². The Bertz CT molecular complexity index is 188. The Labute approximate surface area is 96.7 Å². The molecule has 0 aromatic carbocycles. The van der Waals surface area contributed by atoms with Crippen LogP contribution in [0, 0.1) is 5.92 Å². The van der Waals surface area contributed by atoms with Crippen LogP contribution in [0.5, 0.6) is 0 Å². The second kappa shape index (κ2) is 7.18. The molecule has 0 fully saturated rings. The number of Topliss-reactive ketones (excluding diaryl/α,β-unsaturated/α-hetero) is 1. The van der Waals surface area contributed by atoms with Crippen LogP contribution in [0.25, 0.3) is 0 Å². The fourth-order valence-electron chi connectivity index (χ4n) is 0.867. The van der Waals surface area contributed by atoms with Crippen molar-refractivity contribution in [1.29, 1.82) is 0 Å². The predicted octanol–water partition coefficient (Wildman–Crippen LogP) is 3.24. The molecule has 2 radical (unpaired) electrons. The molecule has 0 aliphatic rings. The van der Waals surface area contributed by atoms with Gasteiger partial charge in [-0.05, 0) is 17.4 Å². The van der Waals surface area contributed by atoms with Gasteiger partial charge in [0.05, 0.1) is 6.61 Å². The van der Waals surface area contributed by atoms with E-state index in [0.717, 1.165) is 12.8 Å². The van der Waals surface area contributed by atoms with Crippen LogP contribution in [-0.2, 0) is 9.22 Å². The van der Waals surface area contributed by atoms with Crippen LogP contribution in [0.1, 0.15) is 53.9 Å². The van der Waals surface area contributed by atoms with Crippen LogP contribution in [0.15, 0.2) is 0 Å². The van der Waals surface area contributed by atoms with Gasteiger partial charge in [-0.1, -0.05) is 41.0 Å². The summed E-state index contributed by atoms with van der Waals surface area (Å²) >= 11 is 0. The zero-order chi connectivity index (χ0) is 11.9. The third-order valence-electron chi connectivity index (χ3n) is 2.82. The number of hydrogen-bond acceptors (Lipinski definition) is 2. The molecule has 0 unspecified atom stereocenters. The maximum atomic E-state index is 11.3. The zero-order valence-corrected chi connectivity index (χ0v) is 11.7. The summed E-state index contributed by atoms with van der Waals surface area (Å²) in [6.45, 7) is 11.1. The third-order valence-corrected chi connectivity index (χ3v) is 4.21. The normalized spacial score (nSPS) is 12.1. The average molecular weight is 228 g/mol. The molecule has 0 bridgehead atoms. The summed E-state index contributed by atoms with van der Waals surface area (Å²) in [5, 5.41) is 0.186. The molecule has 0 spiro atoms. The van der Waals surface area contributed by atoms with Crippen LogP contribution >= 0.6 is 0 Å². The van der Waals surface area contributed by atoms with E-state index >= 15 is 0 Å². The first-order valence-electron chi connectivity index (χ1n) is 5.80. The van der Waals surface area contributed by atoms with E-state index in [0.29, 0.717) is 28.7 Å². The monoisotopic (exact) mass is 228 g/mol. The highest BCUT2D eigenvalue weighted by Gasteiger charge is 2.24. The van der Waals surface area contributed by atoms with E-state index in [2.05, 4.69) is 34.6 Å². The van der Waals surface area contributed by atoms with Gasteiger partial charge in [0.15, 0.2) is 5.78 Å². The minimum Gasteiger partial charge on any atom is -0.410 e.